The zero-order chi connectivity index (χ0) is 13.8. The zero-order valence-electron chi connectivity index (χ0n) is 12.0. The van der Waals surface area contributed by atoms with E-state index in [1.54, 1.807) is 0 Å². The van der Waals surface area contributed by atoms with Crippen LogP contribution in [0, 0.1) is 0 Å². The average Bonchev–Trinajstić information content (AvgIpc) is 3.03. The molecule has 1 aromatic carbocycles. The highest BCUT2D eigenvalue weighted by Gasteiger charge is 2.18. The summed E-state index contributed by atoms with van der Waals surface area (Å²) < 4.78 is 5.31. The Morgan fingerprint density at radius 2 is 1.75 bits per heavy atom. The number of benzene rings is 1. The van der Waals surface area contributed by atoms with Crippen LogP contribution in [0.2, 0.25) is 0 Å². The summed E-state index contributed by atoms with van der Waals surface area (Å²) in [5, 5.41) is 0. The molecule has 3 nitrogen and oxygen atoms in total. The molecular weight excluding hydrogens is 250 g/mol. The molecule has 0 spiro atoms. The first-order valence-corrected chi connectivity index (χ1v) is 7.76. The number of nitrogens with zero attached hydrogens (tertiary/aromatic N) is 1. The number of ether oxygens (including phenoxy) is 1. The Labute approximate surface area is 120 Å². The largest absolute Gasteiger partial charge is 0.379 e. The van der Waals surface area contributed by atoms with Crippen LogP contribution in [-0.2, 0) is 4.74 Å². The van der Waals surface area contributed by atoms with Crippen LogP contribution in [0.1, 0.15) is 47.5 Å². The summed E-state index contributed by atoms with van der Waals surface area (Å²) in [6.07, 6.45) is 5.31. The Bertz CT molecular complexity index is 443. The molecule has 1 saturated heterocycles. The Kier molecular flexibility index (Phi) is 4.48. The van der Waals surface area contributed by atoms with Crippen LogP contribution in [0.3, 0.4) is 0 Å². The molecule has 1 saturated carbocycles. The van der Waals surface area contributed by atoms with E-state index < -0.39 is 0 Å². The molecule has 0 atom stereocenters. The van der Waals surface area contributed by atoms with Crippen molar-refractivity contribution in [2.75, 3.05) is 32.8 Å². The minimum atomic E-state index is 0.227. The van der Waals surface area contributed by atoms with Crippen LogP contribution >= 0.6 is 0 Å². The van der Waals surface area contributed by atoms with Crippen molar-refractivity contribution in [3.8, 4) is 0 Å². The van der Waals surface area contributed by atoms with E-state index in [0.717, 1.165) is 37.8 Å². The third kappa shape index (κ3) is 3.28. The van der Waals surface area contributed by atoms with Crippen molar-refractivity contribution in [1.82, 2.24) is 4.90 Å². The van der Waals surface area contributed by atoms with Crippen LogP contribution in [-0.4, -0.2) is 43.5 Å². The van der Waals surface area contributed by atoms with E-state index in [4.69, 9.17) is 4.74 Å². The van der Waals surface area contributed by atoms with Gasteiger partial charge in [-0.15, -0.1) is 0 Å². The Balaban J connectivity index is 1.59. The Morgan fingerprint density at radius 3 is 2.40 bits per heavy atom. The molecule has 0 unspecified atom stereocenters. The molecule has 3 rings (SSSR count). The monoisotopic (exact) mass is 273 g/mol. The normalized spacial score (nSPS) is 21.2. The third-order valence-corrected chi connectivity index (χ3v) is 4.53. The van der Waals surface area contributed by atoms with E-state index in [0.29, 0.717) is 6.54 Å². The SMILES string of the molecule is O=C(CN1CCOCC1)c1ccc(C2CCCC2)cc1. The number of morpholine rings is 1. The molecule has 1 aromatic rings. The Hall–Kier alpha value is -1.19. The first kappa shape index (κ1) is 13.8. The minimum Gasteiger partial charge on any atom is -0.379 e. The van der Waals surface area contributed by atoms with Crippen molar-refractivity contribution in [2.45, 2.75) is 31.6 Å². The summed E-state index contributed by atoms with van der Waals surface area (Å²) >= 11 is 0. The second-order valence-electron chi connectivity index (χ2n) is 5.92. The van der Waals surface area contributed by atoms with E-state index >= 15 is 0 Å². The number of hydrogen-bond acceptors (Lipinski definition) is 3. The molecule has 2 aliphatic rings. The zero-order valence-corrected chi connectivity index (χ0v) is 12.0. The summed E-state index contributed by atoms with van der Waals surface area (Å²) in [6, 6.07) is 8.33. The van der Waals surface area contributed by atoms with Gasteiger partial charge in [0.25, 0.3) is 0 Å². The summed E-state index contributed by atoms with van der Waals surface area (Å²) in [7, 11) is 0. The fraction of sp³-hybridized carbons (Fsp3) is 0.588. The van der Waals surface area contributed by atoms with Crippen LogP contribution in [0.25, 0.3) is 0 Å². The number of ketones is 1. The lowest BCUT2D eigenvalue weighted by atomic mass is 9.96. The minimum absolute atomic E-state index is 0.227. The third-order valence-electron chi connectivity index (χ3n) is 4.53. The van der Waals surface area contributed by atoms with Gasteiger partial charge in [-0.25, -0.2) is 0 Å². The molecule has 0 bridgehead atoms. The van der Waals surface area contributed by atoms with Gasteiger partial charge >= 0.3 is 0 Å². The molecule has 108 valence electrons. The van der Waals surface area contributed by atoms with Crippen LogP contribution in [0.4, 0.5) is 0 Å². The number of rotatable bonds is 4. The summed E-state index contributed by atoms with van der Waals surface area (Å²) in [5.74, 6) is 0.947. The van der Waals surface area contributed by atoms with Crippen LogP contribution in [0.15, 0.2) is 24.3 Å². The first-order valence-electron chi connectivity index (χ1n) is 7.76. The van der Waals surface area contributed by atoms with Crippen molar-refractivity contribution in [3.63, 3.8) is 0 Å². The smallest absolute Gasteiger partial charge is 0.176 e. The highest BCUT2D eigenvalue weighted by molar-refractivity contribution is 5.97. The van der Waals surface area contributed by atoms with Gasteiger partial charge in [-0.2, -0.15) is 0 Å². The molecule has 1 heterocycles. The molecule has 1 aliphatic heterocycles. The van der Waals surface area contributed by atoms with Gasteiger partial charge in [-0.1, -0.05) is 37.1 Å². The molecule has 20 heavy (non-hydrogen) atoms. The van der Waals surface area contributed by atoms with Gasteiger partial charge in [0.05, 0.1) is 19.8 Å². The van der Waals surface area contributed by atoms with Crippen molar-refractivity contribution >= 4 is 5.78 Å². The summed E-state index contributed by atoms with van der Waals surface area (Å²) in [5.41, 5.74) is 2.25. The average molecular weight is 273 g/mol. The van der Waals surface area contributed by atoms with E-state index in [9.17, 15) is 4.79 Å². The highest BCUT2D eigenvalue weighted by Crippen LogP contribution is 2.33. The fourth-order valence-corrected chi connectivity index (χ4v) is 3.25. The number of carbonyl (C=O) groups excluding carboxylic acids is 1. The van der Waals surface area contributed by atoms with Gasteiger partial charge in [0.2, 0.25) is 0 Å². The standard InChI is InChI=1S/C17H23NO2/c19-17(13-18-9-11-20-12-10-18)16-7-5-15(6-8-16)14-3-1-2-4-14/h5-8,14H,1-4,9-13H2. The van der Waals surface area contributed by atoms with Crippen molar-refractivity contribution in [3.05, 3.63) is 35.4 Å². The number of hydrogen-bond donors (Lipinski definition) is 0. The van der Waals surface area contributed by atoms with Gasteiger partial charge in [0, 0.05) is 18.7 Å². The van der Waals surface area contributed by atoms with Crippen molar-refractivity contribution in [2.24, 2.45) is 0 Å². The predicted octanol–water partition coefficient (Wildman–Crippen LogP) is 2.86. The van der Waals surface area contributed by atoms with E-state index in [2.05, 4.69) is 17.0 Å². The van der Waals surface area contributed by atoms with E-state index in [1.165, 1.54) is 31.2 Å². The molecular formula is C17H23NO2. The van der Waals surface area contributed by atoms with E-state index in [-0.39, 0.29) is 5.78 Å². The summed E-state index contributed by atoms with van der Waals surface area (Å²) in [4.78, 5) is 14.4. The maximum atomic E-state index is 12.3. The lowest BCUT2D eigenvalue weighted by Gasteiger charge is -2.25. The highest BCUT2D eigenvalue weighted by atomic mass is 16.5. The summed E-state index contributed by atoms with van der Waals surface area (Å²) in [6.45, 7) is 3.74. The molecule has 0 aromatic heterocycles. The van der Waals surface area contributed by atoms with Gasteiger partial charge in [-0.3, -0.25) is 9.69 Å². The topological polar surface area (TPSA) is 29.5 Å². The Morgan fingerprint density at radius 1 is 1.10 bits per heavy atom. The van der Waals surface area contributed by atoms with E-state index in [1.807, 2.05) is 12.1 Å². The quantitative estimate of drug-likeness (QED) is 0.790. The molecule has 0 amide bonds. The van der Waals surface area contributed by atoms with Crippen molar-refractivity contribution < 1.29 is 9.53 Å². The fourth-order valence-electron chi connectivity index (χ4n) is 3.25. The molecule has 2 fully saturated rings. The van der Waals surface area contributed by atoms with Crippen LogP contribution in [0.5, 0.6) is 0 Å². The number of carbonyl (C=O) groups is 1. The second kappa shape index (κ2) is 6.51. The van der Waals surface area contributed by atoms with Crippen molar-refractivity contribution in [1.29, 1.82) is 0 Å². The van der Waals surface area contributed by atoms with Gasteiger partial charge in [0.1, 0.15) is 0 Å². The molecule has 0 radical (unpaired) electrons. The second-order valence-corrected chi connectivity index (χ2v) is 5.92. The van der Waals surface area contributed by atoms with Crippen LogP contribution < -0.4 is 0 Å². The number of Topliss-reactive ketones (excluding diaryl/α,β-unsaturated/α-hetero) is 1. The predicted molar refractivity (Wildman–Crippen MR) is 79.2 cm³/mol. The van der Waals surface area contributed by atoms with Gasteiger partial charge < -0.3 is 4.74 Å². The first-order chi connectivity index (χ1) is 9.83. The maximum absolute atomic E-state index is 12.3. The molecule has 3 heteroatoms. The molecule has 0 N–H and O–H groups in total. The van der Waals surface area contributed by atoms with Gasteiger partial charge in [-0.05, 0) is 24.3 Å². The van der Waals surface area contributed by atoms with Gasteiger partial charge in [0.15, 0.2) is 5.78 Å². The molecule has 1 aliphatic carbocycles. The maximum Gasteiger partial charge on any atom is 0.176 e. The lowest BCUT2D eigenvalue weighted by molar-refractivity contribution is 0.0371. The lowest BCUT2D eigenvalue weighted by Crippen LogP contribution is -2.39.